The number of methoxy groups -OCH3 is 1. The maximum absolute atomic E-state index is 13.1. The SMILES string of the molecule is COc1ccc(Cl)cc1C(=O)N1CCCC(c2ncc3c(n2)CCNC3)C1. The van der Waals surface area contributed by atoms with Gasteiger partial charge in [0.1, 0.15) is 11.6 Å². The number of piperidine rings is 1. The Bertz CT molecular complexity index is 858. The number of halogens is 1. The lowest BCUT2D eigenvalue weighted by Gasteiger charge is -2.32. The van der Waals surface area contributed by atoms with E-state index in [0.717, 1.165) is 50.4 Å². The molecule has 1 fully saturated rings. The molecule has 0 radical (unpaired) electrons. The van der Waals surface area contributed by atoms with E-state index in [-0.39, 0.29) is 11.8 Å². The van der Waals surface area contributed by atoms with Crippen molar-refractivity contribution in [3.63, 3.8) is 0 Å². The number of ether oxygens (including phenoxy) is 1. The van der Waals surface area contributed by atoms with E-state index in [1.165, 1.54) is 5.56 Å². The monoisotopic (exact) mass is 386 g/mol. The first-order chi connectivity index (χ1) is 13.2. The van der Waals surface area contributed by atoms with Gasteiger partial charge in [0.15, 0.2) is 0 Å². The zero-order valence-electron chi connectivity index (χ0n) is 15.4. The van der Waals surface area contributed by atoms with Crippen LogP contribution in [0.15, 0.2) is 24.4 Å². The van der Waals surface area contributed by atoms with Crippen LogP contribution in [0.25, 0.3) is 0 Å². The van der Waals surface area contributed by atoms with E-state index in [2.05, 4.69) is 10.3 Å². The third-order valence-electron chi connectivity index (χ3n) is 5.29. The third kappa shape index (κ3) is 3.77. The number of amides is 1. The summed E-state index contributed by atoms with van der Waals surface area (Å²) in [4.78, 5) is 24.4. The Labute approximate surface area is 163 Å². The Morgan fingerprint density at radius 3 is 3.15 bits per heavy atom. The van der Waals surface area contributed by atoms with Crippen molar-refractivity contribution in [2.45, 2.75) is 31.7 Å². The molecule has 1 unspecified atom stereocenters. The minimum atomic E-state index is -0.0544. The maximum Gasteiger partial charge on any atom is 0.257 e. The summed E-state index contributed by atoms with van der Waals surface area (Å²) in [5, 5.41) is 3.87. The third-order valence-corrected chi connectivity index (χ3v) is 5.53. The van der Waals surface area contributed by atoms with Crippen LogP contribution in [0, 0.1) is 0 Å². The summed E-state index contributed by atoms with van der Waals surface area (Å²) in [5.74, 6) is 1.50. The lowest BCUT2D eigenvalue weighted by molar-refractivity contribution is 0.0701. The molecule has 0 saturated carbocycles. The molecule has 27 heavy (non-hydrogen) atoms. The van der Waals surface area contributed by atoms with Crippen molar-refractivity contribution in [3.8, 4) is 5.75 Å². The van der Waals surface area contributed by atoms with Gasteiger partial charge < -0.3 is 15.0 Å². The van der Waals surface area contributed by atoms with Gasteiger partial charge in [-0.25, -0.2) is 9.97 Å². The number of benzene rings is 1. The average molecular weight is 387 g/mol. The molecule has 142 valence electrons. The van der Waals surface area contributed by atoms with E-state index in [1.807, 2.05) is 11.1 Å². The summed E-state index contributed by atoms with van der Waals surface area (Å²) >= 11 is 6.10. The highest BCUT2D eigenvalue weighted by atomic mass is 35.5. The first kappa shape index (κ1) is 18.2. The number of hydrogen-bond acceptors (Lipinski definition) is 5. The van der Waals surface area contributed by atoms with Crippen LogP contribution in [0.3, 0.4) is 0 Å². The van der Waals surface area contributed by atoms with Gasteiger partial charge in [-0.1, -0.05) is 11.6 Å². The Morgan fingerprint density at radius 2 is 2.30 bits per heavy atom. The fourth-order valence-corrected chi connectivity index (χ4v) is 4.01. The zero-order valence-corrected chi connectivity index (χ0v) is 16.1. The number of carbonyl (C=O) groups excluding carboxylic acids is 1. The number of aromatic nitrogens is 2. The maximum atomic E-state index is 13.1. The fraction of sp³-hybridized carbons (Fsp3) is 0.450. The largest absolute Gasteiger partial charge is 0.496 e. The van der Waals surface area contributed by atoms with E-state index in [0.29, 0.717) is 22.9 Å². The number of likely N-dealkylation sites (tertiary alicyclic amines) is 1. The van der Waals surface area contributed by atoms with E-state index < -0.39 is 0 Å². The molecule has 1 amide bonds. The number of fused-ring (bicyclic) bond motifs is 1. The van der Waals surface area contributed by atoms with Gasteiger partial charge in [0, 0.05) is 61.0 Å². The topological polar surface area (TPSA) is 67.3 Å². The number of nitrogens with one attached hydrogen (secondary N) is 1. The Kier molecular flexibility index (Phi) is 5.27. The first-order valence-electron chi connectivity index (χ1n) is 9.34. The molecule has 4 rings (SSSR count). The van der Waals surface area contributed by atoms with Crippen LogP contribution in [0.2, 0.25) is 5.02 Å². The van der Waals surface area contributed by atoms with Gasteiger partial charge >= 0.3 is 0 Å². The molecule has 2 aromatic rings. The van der Waals surface area contributed by atoms with Crippen LogP contribution in [-0.2, 0) is 13.0 Å². The van der Waals surface area contributed by atoms with Crippen LogP contribution in [0.4, 0.5) is 0 Å². The molecule has 3 heterocycles. The summed E-state index contributed by atoms with van der Waals surface area (Å²) in [7, 11) is 1.56. The Morgan fingerprint density at radius 1 is 1.41 bits per heavy atom. The van der Waals surface area contributed by atoms with Gasteiger partial charge in [0.2, 0.25) is 0 Å². The summed E-state index contributed by atoms with van der Waals surface area (Å²) in [5.41, 5.74) is 2.82. The van der Waals surface area contributed by atoms with Gasteiger partial charge in [-0.2, -0.15) is 0 Å². The van der Waals surface area contributed by atoms with Gasteiger partial charge in [-0.3, -0.25) is 4.79 Å². The van der Waals surface area contributed by atoms with Crippen molar-refractivity contribution in [3.05, 3.63) is 52.1 Å². The van der Waals surface area contributed by atoms with Crippen LogP contribution >= 0.6 is 11.6 Å². The molecule has 1 atom stereocenters. The summed E-state index contributed by atoms with van der Waals surface area (Å²) in [6, 6.07) is 5.14. The zero-order chi connectivity index (χ0) is 18.8. The molecule has 1 aromatic carbocycles. The highest BCUT2D eigenvalue weighted by Crippen LogP contribution is 2.29. The smallest absolute Gasteiger partial charge is 0.257 e. The minimum Gasteiger partial charge on any atom is -0.496 e. The van der Waals surface area contributed by atoms with Crippen LogP contribution in [0.5, 0.6) is 5.75 Å². The molecule has 0 aliphatic carbocycles. The van der Waals surface area contributed by atoms with Crippen molar-refractivity contribution in [2.24, 2.45) is 0 Å². The first-order valence-corrected chi connectivity index (χ1v) is 9.71. The normalized spacial score (nSPS) is 19.5. The number of nitrogens with zero attached hydrogens (tertiary/aromatic N) is 3. The van der Waals surface area contributed by atoms with Gasteiger partial charge in [-0.05, 0) is 31.0 Å². The van der Waals surface area contributed by atoms with E-state index in [4.69, 9.17) is 21.3 Å². The molecule has 0 bridgehead atoms. The van der Waals surface area contributed by atoms with E-state index in [9.17, 15) is 4.79 Å². The lowest BCUT2D eigenvalue weighted by atomic mass is 9.95. The van der Waals surface area contributed by atoms with E-state index in [1.54, 1.807) is 25.3 Å². The van der Waals surface area contributed by atoms with Crippen molar-refractivity contribution >= 4 is 17.5 Å². The molecular weight excluding hydrogens is 364 g/mol. The second-order valence-corrected chi connectivity index (χ2v) is 7.50. The summed E-state index contributed by atoms with van der Waals surface area (Å²) in [6.45, 7) is 3.12. The highest BCUT2D eigenvalue weighted by Gasteiger charge is 2.29. The Hall–Kier alpha value is -2.18. The van der Waals surface area contributed by atoms with Crippen molar-refractivity contribution < 1.29 is 9.53 Å². The number of carbonyl (C=O) groups is 1. The van der Waals surface area contributed by atoms with Crippen molar-refractivity contribution in [1.82, 2.24) is 20.2 Å². The van der Waals surface area contributed by atoms with Crippen molar-refractivity contribution in [1.29, 1.82) is 0 Å². The standard InChI is InChI=1S/C20H23ClN4O2/c1-27-18-5-4-15(21)9-16(18)20(26)25-8-2-3-13(12-25)19-23-11-14-10-22-7-6-17(14)24-19/h4-5,9,11,13,22H,2-3,6-8,10,12H2,1H3. The molecule has 1 N–H and O–H groups in total. The molecular formula is C20H23ClN4O2. The number of hydrogen-bond donors (Lipinski definition) is 1. The second kappa shape index (κ2) is 7.82. The lowest BCUT2D eigenvalue weighted by Crippen LogP contribution is -2.40. The van der Waals surface area contributed by atoms with Gasteiger partial charge in [0.05, 0.1) is 12.7 Å². The molecule has 7 heteroatoms. The molecule has 1 aromatic heterocycles. The van der Waals surface area contributed by atoms with Gasteiger partial charge in [-0.15, -0.1) is 0 Å². The molecule has 6 nitrogen and oxygen atoms in total. The fourth-order valence-electron chi connectivity index (χ4n) is 3.84. The molecule has 2 aliphatic heterocycles. The second-order valence-electron chi connectivity index (χ2n) is 7.06. The highest BCUT2D eigenvalue weighted by molar-refractivity contribution is 6.31. The minimum absolute atomic E-state index is 0.0544. The molecule has 1 saturated heterocycles. The predicted octanol–water partition coefficient (Wildman–Crippen LogP) is 2.80. The quantitative estimate of drug-likeness (QED) is 0.878. The molecule has 0 spiro atoms. The summed E-state index contributed by atoms with van der Waals surface area (Å²) < 4.78 is 5.35. The molecule has 2 aliphatic rings. The number of rotatable bonds is 3. The predicted molar refractivity (Wildman–Crippen MR) is 103 cm³/mol. The van der Waals surface area contributed by atoms with E-state index >= 15 is 0 Å². The van der Waals surface area contributed by atoms with Crippen molar-refractivity contribution in [2.75, 3.05) is 26.7 Å². The van der Waals surface area contributed by atoms with Crippen LogP contribution in [-0.4, -0.2) is 47.5 Å². The van der Waals surface area contributed by atoms with Crippen LogP contribution < -0.4 is 10.1 Å². The average Bonchev–Trinajstić information content (AvgIpc) is 2.73. The summed E-state index contributed by atoms with van der Waals surface area (Å²) in [6.07, 6.45) is 4.79. The van der Waals surface area contributed by atoms with Gasteiger partial charge in [0.25, 0.3) is 5.91 Å². The Balaban J connectivity index is 1.55. The van der Waals surface area contributed by atoms with Crippen LogP contribution in [0.1, 0.15) is 46.2 Å².